The lowest BCUT2D eigenvalue weighted by molar-refractivity contribution is 0.0697. The van der Waals surface area contributed by atoms with E-state index in [0.717, 1.165) is 5.75 Å². The Bertz CT molecular complexity index is 578. The van der Waals surface area contributed by atoms with Crippen LogP contribution in [0.15, 0.2) is 54.6 Å². The van der Waals surface area contributed by atoms with E-state index in [1.165, 1.54) is 22.4 Å². The van der Waals surface area contributed by atoms with Gasteiger partial charge >= 0.3 is 5.97 Å². The van der Waals surface area contributed by atoms with E-state index in [-0.39, 0.29) is 5.56 Å². The van der Waals surface area contributed by atoms with E-state index in [2.05, 4.69) is 12.6 Å². The van der Waals surface area contributed by atoms with Crippen LogP contribution in [0.3, 0.4) is 0 Å². The first kappa shape index (κ1) is 17.8. The monoisotopic (exact) mass is 320 g/mol. The fourth-order valence-electron chi connectivity index (χ4n) is 1.59. The average molecular weight is 320 g/mol. The van der Waals surface area contributed by atoms with Gasteiger partial charge in [-0.2, -0.15) is 12.6 Å². The van der Waals surface area contributed by atoms with Gasteiger partial charge in [0.25, 0.3) is 0 Å². The Kier molecular flexibility index (Phi) is 7.24. The molecule has 0 spiro atoms. The fraction of sp³-hybridized carbons (Fsp3) is 0.133. The average Bonchev–Trinajstić information content (AvgIpc) is 2.55. The van der Waals surface area contributed by atoms with Gasteiger partial charge in [-0.15, -0.1) is 0 Å². The first-order valence-electron chi connectivity index (χ1n) is 6.60. The molecule has 7 heteroatoms. The number of nitrogens with two attached hydrogens (primary N) is 2. The Morgan fingerprint density at radius 3 is 1.82 bits per heavy atom. The number of hydrogen-bond acceptors (Lipinski definition) is 6. The smallest absolute Gasteiger partial charge is 0.335 e. The molecule has 0 atom stereocenters. The second-order valence-corrected chi connectivity index (χ2v) is 4.83. The topological polar surface area (TPSA) is 95.8 Å². The first-order chi connectivity index (χ1) is 10.5. The van der Waals surface area contributed by atoms with Crippen LogP contribution in [-0.4, -0.2) is 16.8 Å². The molecule has 2 rings (SSSR count). The van der Waals surface area contributed by atoms with Crippen molar-refractivity contribution in [2.45, 2.75) is 6.92 Å². The molecule has 0 radical (unpaired) electrons. The van der Waals surface area contributed by atoms with E-state index in [1.54, 1.807) is 12.1 Å². The third-order valence-electron chi connectivity index (χ3n) is 2.63. The molecule has 0 heterocycles. The number of thiol groups is 1. The van der Waals surface area contributed by atoms with Crippen LogP contribution in [0, 0.1) is 0 Å². The summed E-state index contributed by atoms with van der Waals surface area (Å²) in [5.41, 5.74) is 1.49. The lowest BCUT2D eigenvalue weighted by Crippen LogP contribution is -2.52. The maximum absolute atomic E-state index is 10.8. The molecule has 0 aliphatic carbocycles. The summed E-state index contributed by atoms with van der Waals surface area (Å²) < 4.78 is 0. The molecule has 0 amide bonds. The summed E-state index contributed by atoms with van der Waals surface area (Å²) in [6.45, 7) is 1.99. The molecule has 0 aliphatic heterocycles. The molecule has 0 saturated carbocycles. The number of hydrazine groups is 3. The Labute approximate surface area is 135 Å². The summed E-state index contributed by atoms with van der Waals surface area (Å²) in [5.74, 6) is 11.7. The number of anilines is 2. The number of para-hydroxylation sites is 1. The lowest BCUT2D eigenvalue weighted by atomic mass is 10.2. The highest BCUT2D eigenvalue weighted by molar-refractivity contribution is 7.80. The minimum Gasteiger partial charge on any atom is -0.478 e. The van der Waals surface area contributed by atoms with E-state index >= 15 is 0 Å². The Hall–Kier alpha value is -2.22. The molecule has 2 aromatic carbocycles. The highest BCUT2D eigenvalue weighted by Crippen LogP contribution is 2.17. The molecular formula is C15H20N4O2S. The van der Waals surface area contributed by atoms with Gasteiger partial charge in [-0.1, -0.05) is 25.1 Å². The van der Waals surface area contributed by atoms with Crippen molar-refractivity contribution in [3.8, 4) is 0 Å². The number of benzene rings is 2. The van der Waals surface area contributed by atoms with Gasteiger partial charge in [-0.3, -0.25) is 0 Å². The molecule has 6 nitrogen and oxygen atoms in total. The van der Waals surface area contributed by atoms with Crippen LogP contribution < -0.4 is 21.9 Å². The van der Waals surface area contributed by atoms with Crippen molar-refractivity contribution < 1.29 is 9.90 Å². The van der Waals surface area contributed by atoms with Gasteiger partial charge < -0.3 is 5.11 Å². The Morgan fingerprint density at radius 2 is 1.41 bits per heavy atom. The second kappa shape index (κ2) is 8.93. The summed E-state index contributed by atoms with van der Waals surface area (Å²) >= 11 is 3.79. The quantitative estimate of drug-likeness (QED) is 0.392. The SMILES string of the molecule is CCS.NN(c1ccccc1)N(N)c1ccc(C(=O)O)cc1. The molecule has 22 heavy (non-hydrogen) atoms. The van der Waals surface area contributed by atoms with Crippen LogP contribution in [0.1, 0.15) is 17.3 Å². The van der Waals surface area contributed by atoms with Crippen LogP contribution in [0.2, 0.25) is 0 Å². The van der Waals surface area contributed by atoms with Crippen molar-refractivity contribution in [3.05, 3.63) is 60.2 Å². The van der Waals surface area contributed by atoms with Gasteiger partial charge in [-0.05, 0) is 42.2 Å². The van der Waals surface area contributed by atoms with Crippen molar-refractivity contribution in [1.82, 2.24) is 0 Å². The van der Waals surface area contributed by atoms with Gasteiger partial charge in [0.2, 0.25) is 0 Å². The summed E-state index contributed by atoms with van der Waals surface area (Å²) in [4.78, 5) is 10.8. The van der Waals surface area contributed by atoms with E-state index in [4.69, 9.17) is 16.8 Å². The molecule has 5 N–H and O–H groups in total. The van der Waals surface area contributed by atoms with Crippen LogP contribution in [0.5, 0.6) is 0 Å². The maximum Gasteiger partial charge on any atom is 0.335 e. The van der Waals surface area contributed by atoms with E-state index in [0.29, 0.717) is 11.4 Å². The highest BCUT2D eigenvalue weighted by atomic mass is 32.1. The van der Waals surface area contributed by atoms with Crippen LogP contribution in [0.4, 0.5) is 11.4 Å². The van der Waals surface area contributed by atoms with Crippen molar-refractivity contribution in [3.63, 3.8) is 0 Å². The van der Waals surface area contributed by atoms with Gasteiger partial charge in [0.05, 0.1) is 16.9 Å². The lowest BCUT2D eigenvalue weighted by Gasteiger charge is -2.29. The number of aromatic carboxylic acids is 1. The molecule has 0 saturated heterocycles. The zero-order valence-electron chi connectivity index (χ0n) is 12.3. The van der Waals surface area contributed by atoms with Crippen LogP contribution >= 0.6 is 12.6 Å². The van der Waals surface area contributed by atoms with Crippen molar-refractivity contribution in [1.29, 1.82) is 0 Å². The van der Waals surface area contributed by atoms with Crippen LogP contribution in [-0.2, 0) is 0 Å². The van der Waals surface area contributed by atoms with Crippen molar-refractivity contribution in [2.24, 2.45) is 11.7 Å². The number of carbonyl (C=O) groups is 1. The molecule has 2 aromatic rings. The summed E-state index contributed by atoms with van der Waals surface area (Å²) in [7, 11) is 0. The predicted octanol–water partition coefficient (Wildman–Crippen LogP) is 2.30. The summed E-state index contributed by atoms with van der Waals surface area (Å²) in [6.07, 6.45) is 0. The van der Waals surface area contributed by atoms with Crippen molar-refractivity contribution >= 4 is 30.0 Å². The first-order valence-corrected chi connectivity index (χ1v) is 7.23. The standard InChI is InChI=1S/C13H14N4O2.C2H6S/c14-16(11-4-2-1-3-5-11)17(15)12-8-6-10(7-9-12)13(18)19;1-2-3/h1-9H,14-15H2,(H,18,19);3H,2H2,1H3. The number of carboxylic acid groups (broad SMARTS) is 1. The third-order valence-corrected chi connectivity index (χ3v) is 2.63. The molecular weight excluding hydrogens is 300 g/mol. The molecule has 118 valence electrons. The summed E-state index contributed by atoms with van der Waals surface area (Å²) in [5, 5.41) is 11.3. The Morgan fingerprint density at radius 1 is 1.00 bits per heavy atom. The zero-order valence-corrected chi connectivity index (χ0v) is 13.1. The minimum absolute atomic E-state index is 0.195. The number of rotatable bonds is 4. The normalized spacial score (nSPS) is 9.45. The second-order valence-electron chi connectivity index (χ2n) is 4.19. The maximum atomic E-state index is 10.8. The van der Waals surface area contributed by atoms with Gasteiger partial charge in [0.15, 0.2) is 0 Å². The van der Waals surface area contributed by atoms with E-state index < -0.39 is 5.97 Å². The molecule has 0 aliphatic rings. The molecule has 0 unspecified atom stereocenters. The third kappa shape index (κ3) is 4.96. The Balaban J connectivity index is 0.000000745. The van der Waals surface area contributed by atoms with Crippen LogP contribution in [0.25, 0.3) is 0 Å². The predicted molar refractivity (Wildman–Crippen MR) is 92.7 cm³/mol. The zero-order chi connectivity index (χ0) is 16.5. The number of hydrogen-bond donors (Lipinski definition) is 4. The molecule has 0 aromatic heterocycles. The number of carboxylic acids is 1. The fourth-order valence-corrected chi connectivity index (χ4v) is 1.59. The van der Waals surface area contributed by atoms with Gasteiger partial charge in [-0.25, -0.2) is 26.7 Å². The number of nitrogens with zero attached hydrogens (tertiary/aromatic N) is 2. The van der Waals surface area contributed by atoms with E-state index in [1.807, 2.05) is 37.3 Å². The van der Waals surface area contributed by atoms with Crippen molar-refractivity contribution in [2.75, 3.05) is 16.0 Å². The minimum atomic E-state index is -0.984. The summed E-state index contributed by atoms with van der Waals surface area (Å²) in [6, 6.07) is 15.3. The molecule has 0 bridgehead atoms. The van der Waals surface area contributed by atoms with Gasteiger partial charge in [0, 0.05) is 0 Å². The largest absolute Gasteiger partial charge is 0.478 e. The van der Waals surface area contributed by atoms with Gasteiger partial charge in [0.1, 0.15) is 0 Å². The highest BCUT2D eigenvalue weighted by Gasteiger charge is 2.10. The van der Waals surface area contributed by atoms with E-state index in [9.17, 15) is 4.79 Å². The molecule has 0 fully saturated rings.